The lowest BCUT2D eigenvalue weighted by Gasteiger charge is -2.23. The number of hydrogen-bond donors (Lipinski definition) is 1. The Balaban J connectivity index is 1.48. The van der Waals surface area contributed by atoms with Crippen LogP contribution in [0.15, 0.2) is 47.1 Å². The SMILES string of the molecule is COc1ccc(-c2noc([C@@H]3CCCN3Cc3ccc(N([O-])O)cc3)n2)cn1. The lowest BCUT2D eigenvalue weighted by atomic mass is 10.1. The summed E-state index contributed by atoms with van der Waals surface area (Å²) in [4.78, 5) is 11.0. The van der Waals surface area contributed by atoms with E-state index in [9.17, 15) is 5.21 Å². The van der Waals surface area contributed by atoms with Gasteiger partial charge in [-0.15, -0.1) is 0 Å². The maximum absolute atomic E-state index is 10.9. The van der Waals surface area contributed by atoms with Crippen molar-refractivity contribution in [3.63, 3.8) is 0 Å². The van der Waals surface area contributed by atoms with E-state index in [1.54, 1.807) is 31.5 Å². The number of nitrogens with zero attached hydrogens (tertiary/aromatic N) is 5. The van der Waals surface area contributed by atoms with Crippen LogP contribution in [-0.4, -0.2) is 38.9 Å². The van der Waals surface area contributed by atoms with E-state index in [4.69, 9.17) is 14.5 Å². The zero-order chi connectivity index (χ0) is 19.5. The van der Waals surface area contributed by atoms with Crippen LogP contribution < -0.4 is 9.96 Å². The third-order valence-electron chi connectivity index (χ3n) is 4.84. The van der Waals surface area contributed by atoms with Crippen LogP contribution in [0.3, 0.4) is 0 Å². The molecular formula is C19H20N5O4-. The van der Waals surface area contributed by atoms with E-state index in [1.165, 1.54) is 0 Å². The van der Waals surface area contributed by atoms with Gasteiger partial charge in [0.05, 0.1) is 18.8 Å². The Morgan fingerprint density at radius 2 is 2.11 bits per heavy atom. The quantitative estimate of drug-likeness (QED) is 0.642. The second-order valence-corrected chi connectivity index (χ2v) is 6.61. The van der Waals surface area contributed by atoms with Gasteiger partial charge in [-0.2, -0.15) is 4.98 Å². The summed E-state index contributed by atoms with van der Waals surface area (Å²) in [7, 11) is 1.57. The van der Waals surface area contributed by atoms with Crippen LogP contribution in [0.4, 0.5) is 5.69 Å². The van der Waals surface area contributed by atoms with Gasteiger partial charge in [0.15, 0.2) is 0 Å². The normalized spacial score (nSPS) is 17.0. The molecule has 1 N–H and O–H groups in total. The van der Waals surface area contributed by atoms with Crippen LogP contribution in [0.25, 0.3) is 11.4 Å². The summed E-state index contributed by atoms with van der Waals surface area (Å²) in [5.41, 5.74) is 2.01. The molecule has 1 aromatic carbocycles. The highest BCUT2D eigenvalue weighted by Crippen LogP contribution is 2.33. The molecule has 0 amide bonds. The van der Waals surface area contributed by atoms with Crippen molar-refractivity contribution in [3.8, 4) is 17.3 Å². The van der Waals surface area contributed by atoms with Gasteiger partial charge in [-0.3, -0.25) is 10.1 Å². The van der Waals surface area contributed by atoms with E-state index in [-0.39, 0.29) is 17.0 Å². The van der Waals surface area contributed by atoms with E-state index >= 15 is 0 Å². The first-order valence-electron chi connectivity index (χ1n) is 8.97. The second kappa shape index (κ2) is 7.93. The fraction of sp³-hybridized carbons (Fsp3) is 0.316. The first-order chi connectivity index (χ1) is 13.6. The molecule has 4 rings (SSSR count). The Kier molecular flexibility index (Phi) is 5.20. The summed E-state index contributed by atoms with van der Waals surface area (Å²) in [5, 5.41) is 23.8. The van der Waals surface area contributed by atoms with Crippen LogP contribution in [0.2, 0.25) is 0 Å². The third-order valence-corrected chi connectivity index (χ3v) is 4.84. The van der Waals surface area contributed by atoms with Gasteiger partial charge >= 0.3 is 0 Å². The highest BCUT2D eigenvalue weighted by Gasteiger charge is 2.30. The monoisotopic (exact) mass is 382 g/mol. The third kappa shape index (κ3) is 3.81. The van der Waals surface area contributed by atoms with E-state index in [1.807, 2.05) is 18.2 Å². The molecule has 9 heteroatoms. The van der Waals surface area contributed by atoms with Gasteiger partial charge < -0.3 is 19.7 Å². The highest BCUT2D eigenvalue weighted by atomic mass is 16.8. The van der Waals surface area contributed by atoms with Gasteiger partial charge in [-0.1, -0.05) is 17.3 Å². The molecule has 0 aliphatic carbocycles. The molecule has 0 bridgehead atoms. The summed E-state index contributed by atoms with van der Waals surface area (Å²) in [6.45, 7) is 1.61. The maximum atomic E-state index is 10.9. The number of methoxy groups -OCH3 is 1. The van der Waals surface area contributed by atoms with E-state index in [0.29, 0.717) is 24.1 Å². The average molecular weight is 382 g/mol. The predicted molar refractivity (Wildman–Crippen MR) is 101 cm³/mol. The Morgan fingerprint density at radius 3 is 2.79 bits per heavy atom. The molecule has 1 saturated heterocycles. The summed E-state index contributed by atoms with van der Waals surface area (Å²) in [6, 6.07) is 10.5. The molecule has 0 saturated carbocycles. The Bertz CT molecular complexity index is 911. The van der Waals surface area contributed by atoms with Crippen molar-refractivity contribution >= 4 is 5.69 Å². The fourth-order valence-corrected chi connectivity index (χ4v) is 3.38. The Morgan fingerprint density at radius 1 is 1.29 bits per heavy atom. The van der Waals surface area contributed by atoms with Crippen molar-refractivity contribution in [2.45, 2.75) is 25.4 Å². The number of ether oxygens (including phenoxy) is 1. The van der Waals surface area contributed by atoms with Crippen LogP contribution >= 0.6 is 0 Å². The molecule has 0 unspecified atom stereocenters. The van der Waals surface area contributed by atoms with Gasteiger partial charge in [0.1, 0.15) is 0 Å². The molecular weight excluding hydrogens is 362 g/mol. The van der Waals surface area contributed by atoms with Crippen molar-refractivity contribution < 1.29 is 14.5 Å². The molecule has 0 spiro atoms. The lowest BCUT2D eigenvalue weighted by Crippen LogP contribution is -2.23. The van der Waals surface area contributed by atoms with E-state index in [0.717, 1.165) is 30.5 Å². The van der Waals surface area contributed by atoms with Crippen LogP contribution in [0.5, 0.6) is 5.88 Å². The molecule has 1 fully saturated rings. The van der Waals surface area contributed by atoms with Crippen LogP contribution in [0.1, 0.15) is 30.3 Å². The first-order valence-corrected chi connectivity index (χ1v) is 8.97. The van der Waals surface area contributed by atoms with Crippen LogP contribution in [-0.2, 0) is 6.54 Å². The highest BCUT2D eigenvalue weighted by molar-refractivity contribution is 5.53. The zero-order valence-corrected chi connectivity index (χ0v) is 15.4. The predicted octanol–water partition coefficient (Wildman–Crippen LogP) is 3.17. The average Bonchev–Trinajstić information content (AvgIpc) is 3.38. The minimum absolute atomic E-state index is 0.0426. The molecule has 146 valence electrons. The number of rotatable bonds is 6. The van der Waals surface area contributed by atoms with Crippen molar-refractivity contribution in [2.24, 2.45) is 0 Å². The van der Waals surface area contributed by atoms with Gasteiger partial charge in [0, 0.05) is 24.4 Å². The number of pyridine rings is 1. The summed E-state index contributed by atoms with van der Waals surface area (Å²) >= 11 is 0. The molecule has 1 aliphatic rings. The molecule has 3 aromatic rings. The van der Waals surface area contributed by atoms with Crippen molar-refractivity contribution in [1.29, 1.82) is 0 Å². The molecule has 9 nitrogen and oxygen atoms in total. The zero-order valence-electron chi connectivity index (χ0n) is 15.4. The number of anilines is 1. The van der Waals surface area contributed by atoms with Gasteiger partial charge in [0.2, 0.25) is 17.6 Å². The first kappa shape index (κ1) is 18.4. The number of hydrogen-bond acceptors (Lipinski definition) is 9. The number of aromatic nitrogens is 3. The summed E-state index contributed by atoms with van der Waals surface area (Å²) in [5.74, 6) is 1.61. The van der Waals surface area contributed by atoms with Crippen LogP contribution in [0, 0.1) is 5.21 Å². The van der Waals surface area contributed by atoms with Gasteiger partial charge in [-0.25, -0.2) is 4.98 Å². The molecule has 28 heavy (non-hydrogen) atoms. The topological polar surface area (TPSA) is 111 Å². The molecule has 3 heterocycles. The fourth-order valence-electron chi connectivity index (χ4n) is 3.38. The molecule has 2 aromatic heterocycles. The largest absolute Gasteiger partial charge is 0.733 e. The van der Waals surface area contributed by atoms with Crippen molar-refractivity contribution in [3.05, 3.63) is 59.3 Å². The summed E-state index contributed by atoms with van der Waals surface area (Å²) in [6.07, 6.45) is 3.63. The number of likely N-dealkylation sites (tertiary alicyclic amines) is 1. The number of benzene rings is 1. The van der Waals surface area contributed by atoms with E-state index < -0.39 is 0 Å². The molecule has 1 aliphatic heterocycles. The van der Waals surface area contributed by atoms with Gasteiger partial charge in [0.25, 0.3) is 0 Å². The van der Waals surface area contributed by atoms with Crippen molar-refractivity contribution in [2.75, 3.05) is 18.9 Å². The van der Waals surface area contributed by atoms with E-state index in [2.05, 4.69) is 20.0 Å². The minimum Gasteiger partial charge on any atom is -0.733 e. The Labute approximate surface area is 161 Å². The standard InChI is InChI=1S/C19H20N5O4/c1-27-17-9-6-14(11-20-17)18-21-19(28-22-18)16-3-2-10-23(16)12-13-4-7-15(8-5-13)24(25)26/h4-9,11,16,25H,2-3,10,12H2,1H3/q-1/t16-/m0/s1. The molecule has 1 atom stereocenters. The summed E-state index contributed by atoms with van der Waals surface area (Å²) < 4.78 is 10.6. The Hall–Kier alpha value is -3.01. The minimum atomic E-state index is -0.142. The van der Waals surface area contributed by atoms with Crippen molar-refractivity contribution in [1.82, 2.24) is 20.0 Å². The smallest absolute Gasteiger partial charge is 0.244 e. The molecule has 0 radical (unpaired) electrons. The second-order valence-electron chi connectivity index (χ2n) is 6.61. The maximum Gasteiger partial charge on any atom is 0.244 e. The van der Waals surface area contributed by atoms with Gasteiger partial charge in [-0.05, 0) is 43.1 Å². The lowest BCUT2D eigenvalue weighted by molar-refractivity contribution is 0.201.